The van der Waals surface area contributed by atoms with Gasteiger partial charge in [0.15, 0.2) is 0 Å². The number of hydrogen-bond acceptors (Lipinski definition) is 1. The summed E-state index contributed by atoms with van der Waals surface area (Å²) in [4.78, 5) is 1.83. The maximum atomic E-state index is 7.44. The van der Waals surface area contributed by atoms with E-state index in [-0.39, 0.29) is 0 Å². The van der Waals surface area contributed by atoms with Crippen LogP contribution in [0, 0.1) is 5.41 Å². The monoisotopic (exact) mass is 196 g/mol. The molecule has 0 aliphatic rings. The van der Waals surface area contributed by atoms with Crippen LogP contribution < -0.4 is 4.90 Å². The minimum Gasteiger partial charge on any atom is -0.302 e. The van der Waals surface area contributed by atoms with Crippen molar-refractivity contribution in [2.24, 2.45) is 0 Å². The second-order valence-corrected chi connectivity index (χ2v) is 3.17. The Bertz CT molecular complexity index is 383. The third-order valence-corrected chi connectivity index (χ3v) is 2.20. The first kappa shape index (κ1) is 9.46. The molecule has 0 aromatic heterocycles. The average Bonchev–Trinajstić information content (AvgIpc) is 2.33. The molecule has 0 unspecified atom stereocenters. The molecular weight excluding hydrogens is 184 g/mol. The summed E-state index contributed by atoms with van der Waals surface area (Å²) in [6, 6.07) is 19.7. The Kier molecular flexibility index (Phi) is 2.79. The molecule has 0 heterocycles. The largest absolute Gasteiger partial charge is 0.302 e. The van der Waals surface area contributed by atoms with Crippen LogP contribution in [0.15, 0.2) is 60.7 Å². The normalized spacial score (nSPS) is 9.60. The van der Waals surface area contributed by atoms with Gasteiger partial charge in [0, 0.05) is 11.4 Å². The molecule has 0 aliphatic heterocycles. The Morgan fingerprint density at radius 1 is 0.733 bits per heavy atom. The van der Waals surface area contributed by atoms with E-state index < -0.39 is 0 Å². The van der Waals surface area contributed by atoms with Gasteiger partial charge in [-0.15, -0.1) is 0 Å². The molecule has 0 saturated heterocycles. The van der Waals surface area contributed by atoms with Crippen molar-refractivity contribution in [1.29, 1.82) is 5.41 Å². The van der Waals surface area contributed by atoms with Gasteiger partial charge in [0.1, 0.15) is 0 Å². The molecule has 2 heteroatoms. The molecule has 0 bridgehead atoms. The highest BCUT2D eigenvalue weighted by Crippen LogP contribution is 2.22. The fourth-order valence-corrected chi connectivity index (χ4v) is 1.48. The summed E-state index contributed by atoms with van der Waals surface area (Å²) in [5, 5.41) is 7.44. The van der Waals surface area contributed by atoms with Gasteiger partial charge in [-0.25, -0.2) is 0 Å². The third kappa shape index (κ3) is 2.05. The molecule has 0 amide bonds. The zero-order valence-corrected chi connectivity index (χ0v) is 8.30. The van der Waals surface area contributed by atoms with Gasteiger partial charge in [-0.2, -0.15) is 0 Å². The lowest BCUT2D eigenvalue weighted by atomic mass is 10.2. The highest BCUT2D eigenvalue weighted by molar-refractivity contribution is 5.87. The van der Waals surface area contributed by atoms with E-state index in [2.05, 4.69) is 0 Å². The van der Waals surface area contributed by atoms with Gasteiger partial charge >= 0.3 is 0 Å². The van der Waals surface area contributed by atoms with Crippen molar-refractivity contribution in [1.82, 2.24) is 0 Å². The van der Waals surface area contributed by atoms with E-state index in [9.17, 15) is 0 Å². The SMILES string of the molecule is N=CN(c1ccccc1)c1ccccc1. The summed E-state index contributed by atoms with van der Waals surface area (Å²) >= 11 is 0. The fraction of sp³-hybridized carbons (Fsp3) is 0. The molecule has 0 radical (unpaired) electrons. The zero-order valence-electron chi connectivity index (χ0n) is 8.30. The van der Waals surface area contributed by atoms with Crippen molar-refractivity contribution >= 4 is 17.7 Å². The molecule has 2 nitrogen and oxygen atoms in total. The van der Waals surface area contributed by atoms with Crippen molar-refractivity contribution < 1.29 is 0 Å². The third-order valence-electron chi connectivity index (χ3n) is 2.20. The van der Waals surface area contributed by atoms with Crippen molar-refractivity contribution in [3.05, 3.63) is 60.7 Å². The first-order chi connectivity index (χ1) is 7.42. The molecular formula is C13H12N2. The van der Waals surface area contributed by atoms with Crippen molar-refractivity contribution in [3.8, 4) is 0 Å². The summed E-state index contributed by atoms with van der Waals surface area (Å²) in [5.41, 5.74) is 2.00. The first-order valence-electron chi connectivity index (χ1n) is 4.82. The Hall–Kier alpha value is -2.09. The summed E-state index contributed by atoms with van der Waals surface area (Å²) in [5.74, 6) is 0. The van der Waals surface area contributed by atoms with Gasteiger partial charge in [0.05, 0.1) is 6.34 Å². The fourth-order valence-electron chi connectivity index (χ4n) is 1.48. The maximum Gasteiger partial charge on any atom is 0.0907 e. The van der Waals surface area contributed by atoms with E-state index in [0.29, 0.717) is 0 Å². The molecule has 74 valence electrons. The number of rotatable bonds is 3. The van der Waals surface area contributed by atoms with E-state index >= 15 is 0 Å². The van der Waals surface area contributed by atoms with Gasteiger partial charge in [0.25, 0.3) is 0 Å². The van der Waals surface area contributed by atoms with Crippen molar-refractivity contribution in [2.75, 3.05) is 4.90 Å². The molecule has 0 atom stereocenters. The summed E-state index contributed by atoms with van der Waals surface area (Å²) in [6.07, 6.45) is 1.32. The zero-order chi connectivity index (χ0) is 10.5. The van der Waals surface area contributed by atoms with Gasteiger partial charge in [-0.1, -0.05) is 36.4 Å². The standard InChI is InChI=1S/C13H12N2/c14-11-15(12-7-3-1-4-8-12)13-9-5-2-6-10-13/h1-11,14H. The smallest absolute Gasteiger partial charge is 0.0907 e. The van der Waals surface area contributed by atoms with Crippen LogP contribution in [0.25, 0.3) is 0 Å². The molecule has 2 aromatic carbocycles. The van der Waals surface area contributed by atoms with Gasteiger partial charge in [0.2, 0.25) is 0 Å². The number of anilines is 2. The van der Waals surface area contributed by atoms with E-state index in [4.69, 9.17) is 5.41 Å². The number of nitrogens with zero attached hydrogens (tertiary/aromatic N) is 1. The molecule has 2 aromatic rings. The lowest BCUT2D eigenvalue weighted by Gasteiger charge is -2.18. The second kappa shape index (κ2) is 4.42. The lowest BCUT2D eigenvalue weighted by molar-refractivity contribution is 1.34. The van der Waals surface area contributed by atoms with E-state index in [1.807, 2.05) is 65.6 Å². The first-order valence-corrected chi connectivity index (χ1v) is 4.82. The summed E-state index contributed by atoms with van der Waals surface area (Å²) in [6.45, 7) is 0. The highest BCUT2D eigenvalue weighted by atomic mass is 15.1. The second-order valence-electron chi connectivity index (χ2n) is 3.17. The van der Waals surface area contributed by atoms with Gasteiger partial charge in [-0.05, 0) is 24.3 Å². The Labute approximate surface area is 89.3 Å². The molecule has 2 rings (SSSR count). The van der Waals surface area contributed by atoms with Crippen LogP contribution in [0.2, 0.25) is 0 Å². The minimum absolute atomic E-state index is 0.999. The van der Waals surface area contributed by atoms with Crippen molar-refractivity contribution in [3.63, 3.8) is 0 Å². The highest BCUT2D eigenvalue weighted by Gasteiger charge is 2.03. The predicted molar refractivity (Wildman–Crippen MR) is 63.8 cm³/mol. The summed E-state index contributed by atoms with van der Waals surface area (Å²) in [7, 11) is 0. The van der Waals surface area contributed by atoms with E-state index in [0.717, 1.165) is 11.4 Å². The average molecular weight is 196 g/mol. The van der Waals surface area contributed by atoms with E-state index in [1.165, 1.54) is 6.34 Å². The van der Waals surface area contributed by atoms with Crippen LogP contribution in [-0.4, -0.2) is 6.34 Å². The number of benzene rings is 2. The van der Waals surface area contributed by atoms with Crippen LogP contribution in [0.5, 0.6) is 0 Å². The molecule has 15 heavy (non-hydrogen) atoms. The van der Waals surface area contributed by atoms with E-state index in [1.54, 1.807) is 0 Å². The van der Waals surface area contributed by atoms with Gasteiger partial charge in [-0.3, -0.25) is 5.41 Å². The molecule has 0 saturated carbocycles. The molecule has 0 spiro atoms. The summed E-state index contributed by atoms with van der Waals surface area (Å²) < 4.78 is 0. The predicted octanol–water partition coefficient (Wildman–Crippen LogP) is 3.43. The van der Waals surface area contributed by atoms with Crippen LogP contribution in [-0.2, 0) is 0 Å². The molecule has 1 N–H and O–H groups in total. The maximum absolute atomic E-state index is 7.44. The van der Waals surface area contributed by atoms with Crippen molar-refractivity contribution in [2.45, 2.75) is 0 Å². The molecule has 0 fully saturated rings. The Balaban J connectivity index is 2.38. The lowest BCUT2D eigenvalue weighted by Crippen LogP contribution is -2.12. The number of hydrogen-bond donors (Lipinski definition) is 1. The Morgan fingerprint density at radius 2 is 1.13 bits per heavy atom. The molecule has 0 aliphatic carbocycles. The number of para-hydroxylation sites is 2. The quantitative estimate of drug-likeness (QED) is 0.591. The van der Waals surface area contributed by atoms with Crippen LogP contribution in [0.4, 0.5) is 11.4 Å². The van der Waals surface area contributed by atoms with Gasteiger partial charge < -0.3 is 4.90 Å². The number of nitrogens with one attached hydrogen (secondary N) is 1. The minimum atomic E-state index is 0.999. The topological polar surface area (TPSA) is 27.1 Å². The van der Waals surface area contributed by atoms with Crippen LogP contribution in [0.1, 0.15) is 0 Å². The van der Waals surface area contributed by atoms with Crippen LogP contribution >= 0.6 is 0 Å². The Morgan fingerprint density at radius 3 is 1.47 bits per heavy atom. The van der Waals surface area contributed by atoms with Crippen LogP contribution in [0.3, 0.4) is 0 Å².